The molecule has 0 bridgehead atoms. The summed E-state index contributed by atoms with van der Waals surface area (Å²) < 4.78 is 19.1. The van der Waals surface area contributed by atoms with Crippen LogP contribution in [0.2, 0.25) is 0 Å². The summed E-state index contributed by atoms with van der Waals surface area (Å²) in [6.45, 7) is 0. The monoisotopic (exact) mass is 190 g/mol. The molecule has 12 N–H and O–H groups in total. The summed E-state index contributed by atoms with van der Waals surface area (Å²) in [6.07, 6.45) is 0. The van der Waals surface area contributed by atoms with Gasteiger partial charge in [-0.25, -0.2) is 0 Å². The Morgan fingerprint density at radius 1 is 0.600 bits per heavy atom. The molecular weight excluding hydrogens is 178 g/mol. The smallest absolute Gasteiger partial charge is 0.271 e. The molecule has 0 unspecified atom stereocenters. The number of nitrogens with two attached hydrogens (primary N) is 6. The van der Waals surface area contributed by atoms with Gasteiger partial charge in [0, 0.05) is 0 Å². The molecule has 0 radical (unpaired) electrons. The molecule has 10 heavy (non-hydrogen) atoms. The Labute approximate surface area is 58.3 Å². The van der Waals surface area contributed by atoms with Crippen LogP contribution in [0.5, 0.6) is 0 Å². The van der Waals surface area contributed by atoms with Crippen molar-refractivity contribution in [2.24, 2.45) is 33.0 Å². The number of rotatable bonds is 0. The minimum atomic E-state index is -3.14. The first-order chi connectivity index (χ1) is 4.00. The maximum atomic E-state index is 9.55. The Morgan fingerprint density at radius 2 is 0.600 bits per heavy atom. The van der Waals surface area contributed by atoms with E-state index in [-0.39, 0.29) is 0 Å². The Morgan fingerprint density at radius 3 is 0.600 bits per heavy atom. The first kappa shape index (κ1) is 12.9. The van der Waals surface area contributed by atoms with Gasteiger partial charge in [-0.3, -0.25) is 42.2 Å². The van der Waals surface area contributed by atoms with Gasteiger partial charge in [0.25, 0.3) is 15.2 Å². The highest BCUT2D eigenvalue weighted by Gasteiger charge is 1.90. The molecule has 8 nitrogen and oxygen atoms in total. The van der Waals surface area contributed by atoms with E-state index in [4.69, 9.17) is 0 Å². The van der Waals surface area contributed by atoms with Gasteiger partial charge in [0.2, 0.25) is 0 Å². The third-order valence-corrected chi connectivity index (χ3v) is 0. The molecule has 0 fully saturated rings. The fourth-order valence-electron chi connectivity index (χ4n) is 0. The first-order valence-corrected chi connectivity index (χ1v) is 5.74. The van der Waals surface area contributed by atoms with Crippen LogP contribution in [0.1, 0.15) is 0 Å². The Hall–Kier alpha value is 0.220. The lowest BCUT2D eigenvalue weighted by molar-refractivity contribution is 0.576. The van der Waals surface area contributed by atoms with Crippen LogP contribution >= 0.6 is 15.2 Å². The molecule has 64 valence electrons. The van der Waals surface area contributed by atoms with Crippen LogP contribution in [0.3, 0.4) is 0 Å². The maximum Gasteiger partial charge on any atom is 0.271 e. The van der Waals surface area contributed by atoms with Crippen molar-refractivity contribution in [1.29, 1.82) is 0 Å². The van der Waals surface area contributed by atoms with E-state index in [9.17, 15) is 9.13 Å². The molecule has 0 aromatic heterocycles. The van der Waals surface area contributed by atoms with E-state index in [0.717, 1.165) is 0 Å². The van der Waals surface area contributed by atoms with Gasteiger partial charge < -0.3 is 0 Å². The lowest BCUT2D eigenvalue weighted by atomic mass is 13.8. The van der Waals surface area contributed by atoms with Gasteiger partial charge in [-0.2, -0.15) is 0 Å². The van der Waals surface area contributed by atoms with Gasteiger partial charge in [-0.05, 0) is 0 Å². The van der Waals surface area contributed by atoms with Gasteiger partial charge in [-0.15, -0.1) is 0 Å². The van der Waals surface area contributed by atoms with Crippen molar-refractivity contribution in [3.8, 4) is 0 Å². The van der Waals surface area contributed by atoms with Gasteiger partial charge in [0.15, 0.2) is 0 Å². The lowest BCUT2D eigenvalue weighted by Gasteiger charge is -1.88. The molecule has 0 amide bonds. The molecule has 10 heteroatoms. The molecule has 0 aliphatic carbocycles. The third-order valence-electron chi connectivity index (χ3n) is 0. The van der Waals surface area contributed by atoms with Crippen LogP contribution < -0.4 is 33.0 Å². The van der Waals surface area contributed by atoms with Gasteiger partial charge in [-0.1, -0.05) is 0 Å². The molecule has 0 saturated carbocycles. The molecular formula is H12N6O2P2. The quantitative estimate of drug-likeness (QED) is 0.235. The topological polar surface area (TPSA) is 190 Å². The minimum Gasteiger partial charge on any atom is -0.272 e. The second kappa shape index (κ2) is 4.17. The van der Waals surface area contributed by atoms with Crippen molar-refractivity contribution in [2.75, 3.05) is 0 Å². The standard InChI is InChI=1S/2H6N3OP/c2*1-5(2,3)4/h2*(H6,1,2,3,4). The van der Waals surface area contributed by atoms with Crippen molar-refractivity contribution in [1.82, 2.24) is 0 Å². The Balaban J connectivity index is 0. The van der Waals surface area contributed by atoms with E-state index < -0.39 is 15.2 Å². The summed E-state index contributed by atoms with van der Waals surface area (Å²) in [5.41, 5.74) is 26.8. The van der Waals surface area contributed by atoms with E-state index in [2.05, 4.69) is 33.0 Å². The zero-order valence-electron chi connectivity index (χ0n) is 5.18. The van der Waals surface area contributed by atoms with Crippen LogP contribution in [0.25, 0.3) is 0 Å². The molecule has 0 saturated heterocycles. The predicted octanol–water partition coefficient (Wildman–Crippen LogP) is -2.06. The summed E-state index contributed by atoms with van der Waals surface area (Å²) in [6, 6.07) is 0. The highest BCUT2D eigenvalue weighted by molar-refractivity contribution is 7.56. The first-order valence-electron chi connectivity index (χ1n) is 1.91. The average molecular weight is 190 g/mol. The van der Waals surface area contributed by atoms with Crippen LogP contribution in [-0.4, -0.2) is 0 Å². The van der Waals surface area contributed by atoms with Crippen molar-refractivity contribution in [2.45, 2.75) is 0 Å². The van der Waals surface area contributed by atoms with Gasteiger partial charge >= 0.3 is 0 Å². The second-order valence-corrected chi connectivity index (χ2v) is 4.58. The SMILES string of the molecule is NP(N)(N)=O.NP(N)(N)=O. The van der Waals surface area contributed by atoms with Crippen molar-refractivity contribution >= 4 is 15.2 Å². The molecule has 0 aliphatic heterocycles. The second-order valence-electron chi connectivity index (χ2n) is 1.53. The van der Waals surface area contributed by atoms with Crippen LogP contribution in [-0.2, 0) is 9.13 Å². The van der Waals surface area contributed by atoms with E-state index in [1.165, 1.54) is 0 Å². The fraction of sp³-hybridized carbons (Fsp3) is 0. The average Bonchev–Trinajstić information content (AvgIpc) is 1.12. The third kappa shape index (κ3) is 8850. The van der Waals surface area contributed by atoms with Crippen molar-refractivity contribution in [3.63, 3.8) is 0 Å². The summed E-state index contributed by atoms with van der Waals surface area (Å²) in [4.78, 5) is 0. The van der Waals surface area contributed by atoms with E-state index in [0.29, 0.717) is 0 Å². The molecule has 0 heterocycles. The lowest BCUT2D eigenvalue weighted by Crippen LogP contribution is -2.12. The van der Waals surface area contributed by atoms with E-state index in [1.54, 1.807) is 0 Å². The number of hydrogen-bond acceptors (Lipinski definition) is 2. The molecule has 0 aromatic rings. The predicted molar refractivity (Wildman–Crippen MR) is 40.3 cm³/mol. The Bertz CT molecular complexity index is 126. The normalized spacial score (nSPS) is 11.8. The van der Waals surface area contributed by atoms with Gasteiger partial charge in [0.05, 0.1) is 0 Å². The zero-order chi connectivity index (χ0) is 9.00. The Kier molecular flexibility index (Phi) is 5.36. The minimum absolute atomic E-state index is 3.14. The zero-order valence-corrected chi connectivity index (χ0v) is 6.96. The van der Waals surface area contributed by atoms with Crippen LogP contribution in [0, 0.1) is 0 Å². The number of hydrogen-bond donors (Lipinski definition) is 6. The van der Waals surface area contributed by atoms with Crippen LogP contribution in [0.4, 0.5) is 0 Å². The van der Waals surface area contributed by atoms with Crippen molar-refractivity contribution < 1.29 is 9.13 Å². The highest BCUT2D eigenvalue weighted by atomic mass is 31.2. The van der Waals surface area contributed by atoms with Gasteiger partial charge in [0.1, 0.15) is 0 Å². The summed E-state index contributed by atoms with van der Waals surface area (Å²) in [5, 5.41) is 0. The maximum absolute atomic E-state index is 9.55. The molecule has 0 aromatic carbocycles. The molecule has 0 spiro atoms. The van der Waals surface area contributed by atoms with E-state index >= 15 is 0 Å². The fourth-order valence-corrected chi connectivity index (χ4v) is 0. The molecule has 0 aliphatic rings. The highest BCUT2D eigenvalue weighted by Crippen LogP contribution is 2.07. The van der Waals surface area contributed by atoms with E-state index in [1.807, 2.05) is 0 Å². The summed E-state index contributed by atoms with van der Waals surface area (Å²) in [5.74, 6) is 0. The van der Waals surface area contributed by atoms with Crippen molar-refractivity contribution in [3.05, 3.63) is 0 Å². The van der Waals surface area contributed by atoms with Crippen LogP contribution in [0.15, 0.2) is 0 Å². The molecule has 0 rings (SSSR count). The summed E-state index contributed by atoms with van der Waals surface area (Å²) in [7, 11) is -6.28. The summed E-state index contributed by atoms with van der Waals surface area (Å²) >= 11 is 0. The largest absolute Gasteiger partial charge is 0.272 e. The molecule has 0 atom stereocenters.